The summed E-state index contributed by atoms with van der Waals surface area (Å²) in [6, 6.07) is 3.88. The summed E-state index contributed by atoms with van der Waals surface area (Å²) in [4.78, 5) is 3.72. The number of anilines is 1. The Hall–Kier alpha value is -1.51. The van der Waals surface area contributed by atoms with Gasteiger partial charge in [-0.2, -0.15) is 0 Å². The van der Waals surface area contributed by atoms with E-state index in [9.17, 15) is 17.9 Å². The lowest BCUT2D eigenvalue weighted by atomic mass is 9.94. The molecular formula is C15H19FN2O3S2. The van der Waals surface area contributed by atoms with Crippen LogP contribution in [0.4, 0.5) is 9.52 Å². The number of thiazole rings is 1. The van der Waals surface area contributed by atoms with E-state index < -0.39 is 26.3 Å². The molecule has 5 nitrogen and oxygen atoms in total. The Morgan fingerprint density at radius 2 is 2.00 bits per heavy atom. The van der Waals surface area contributed by atoms with Crippen molar-refractivity contribution in [1.82, 2.24) is 4.98 Å². The first-order valence-corrected chi connectivity index (χ1v) is 9.55. The van der Waals surface area contributed by atoms with Gasteiger partial charge < -0.3 is 5.11 Å². The summed E-state index contributed by atoms with van der Waals surface area (Å²) >= 11 is 1.05. The van der Waals surface area contributed by atoms with E-state index in [0.29, 0.717) is 24.1 Å². The van der Waals surface area contributed by atoms with Crippen molar-refractivity contribution in [3.05, 3.63) is 40.7 Å². The molecule has 0 aliphatic carbocycles. The van der Waals surface area contributed by atoms with Gasteiger partial charge in [0.1, 0.15) is 16.3 Å². The van der Waals surface area contributed by atoms with Gasteiger partial charge in [-0.15, -0.1) is 11.3 Å². The number of halogens is 1. The molecule has 0 saturated heterocycles. The van der Waals surface area contributed by atoms with Crippen LogP contribution < -0.4 is 4.72 Å². The van der Waals surface area contributed by atoms with Crippen LogP contribution in [-0.2, 0) is 15.6 Å². The molecule has 1 aromatic heterocycles. The van der Waals surface area contributed by atoms with E-state index in [2.05, 4.69) is 9.71 Å². The monoisotopic (exact) mass is 358 g/mol. The summed E-state index contributed by atoms with van der Waals surface area (Å²) in [7, 11) is -4.07. The minimum atomic E-state index is -4.07. The molecule has 2 N–H and O–H groups in total. The Morgan fingerprint density at radius 3 is 2.61 bits per heavy atom. The summed E-state index contributed by atoms with van der Waals surface area (Å²) in [6.07, 6.45) is 0.928. The molecule has 2 aromatic rings. The van der Waals surface area contributed by atoms with Crippen LogP contribution in [0.15, 0.2) is 28.5 Å². The lowest BCUT2D eigenvalue weighted by Crippen LogP contribution is -2.24. The third kappa shape index (κ3) is 3.70. The molecular weight excluding hydrogens is 339 g/mol. The molecule has 0 amide bonds. The van der Waals surface area contributed by atoms with Crippen molar-refractivity contribution in [3.63, 3.8) is 0 Å². The maximum Gasteiger partial charge on any atom is 0.266 e. The van der Waals surface area contributed by atoms with Crippen LogP contribution in [-0.4, -0.2) is 18.5 Å². The number of benzene rings is 1. The number of aryl methyl sites for hydroxylation is 1. The molecule has 2 rings (SSSR count). The van der Waals surface area contributed by atoms with Gasteiger partial charge in [-0.1, -0.05) is 19.9 Å². The largest absolute Gasteiger partial charge is 0.384 e. The molecule has 0 spiro atoms. The number of nitrogens with zero attached hydrogens (tertiary/aromatic N) is 1. The van der Waals surface area contributed by atoms with Crippen LogP contribution in [0, 0.1) is 12.7 Å². The predicted octanol–water partition coefficient (Wildman–Crippen LogP) is 3.40. The van der Waals surface area contributed by atoms with E-state index in [-0.39, 0.29) is 5.13 Å². The Labute approximate surface area is 139 Å². The summed E-state index contributed by atoms with van der Waals surface area (Å²) in [5.41, 5.74) is -0.0396. The number of aromatic nitrogens is 1. The smallest absolute Gasteiger partial charge is 0.266 e. The second kappa shape index (κ2) is 6.54. The van der Waals surface area contributed by atoms with Gasteiger partial charge in [-0.25, -0.2) is 17.8 Å². The fourth-order valence-electron chi connectivity index (χ4n) is 2.13. The van der Waals surface area contributed by atoms with E-state index in [1.54, 1.807) is 12.3 Å². The van der Waals surface area contributed by atoms with Crippen LogP contribution >= 0.6 is 11.3 Å². The van der Waals surface area contributed by atoms with E-state index in [1.165, 1.54) is 12.1 Å². The Bertz CT molecular complexity index is 799. The molecule has 0 atom stereocenters. The summed E-state index contributed by atoms with van der Waals surface area (Å²) in [6.45, 7) is 5.34. The maximum atomic E-state index is 13.8. The molecule has 0 fully saturated rings. The fourth-order valence-corrected chi connectivity index (χ4v) is 4.35. The van der Waals surface area contributed by atoms with E-state index in [0.717, 1.165) is 17.4 Å². The third-order valence-corrected chi connectivity index (χ3v) is 5.99. The number of hydrogen-bond acceptors (Lipinski definition) is 5. The first kappa shape index (κ1) is 17.8. The summed E-state index contributed by atoms with van der Waals surface area (Å²) in [5.74, 6) is -0.821. The van der Waals surface area contributed by atoms with Crippen LogP contribution in [0.25, 0.3) is 0 Å². The van der Waals surface area contributed by atoms with E-state index >= 15 is 0 Å². The van der Waals surface area contributed by atoms with Crippen LogP contribution in [0.3, 0.4) is 0 Å². The highest BCUT2D eigenvalue weighted by Crippen LogP contribution is 2.32. The third-order valence-electron chi connectivity index (χ3n) is 3.75. The van der Waals surface area contributed by atoms with Gasteiger partial charge >= 0.3 is 0 Å². The molecule has 1 heterocycles. The molecule has 0 aliphatic heterocycles. The molecule has 0 unspecified atom stereocenters. The normalized spacial score (nSPS) is 12.4. The standard InChI is InChI=1S/C15H19FN2O3S2/c1-4-15(19,5-2)13-9-22-14(17-13)18-23(20,21)12-8-10(3)6-7-11(12)16/h6-9,19H,4-5H2,1-3H3,(H,17,18). The van der Waals surface area contributed by atoms with Gasteiger partial charge in [0.2, 0.25) is 0 Å². The quantitative estimate of drug-likeness (QED) is 0.829. The van der Waals surface area contributed by atoms with Crippen LogP contribution in [0.1, 0.15) is 37.9 Å². The summed E-state index contributed by atoms with van der Waals surface area (Å²) in [5, 5.41) is 12.1. The van der Waals surface area contributed by atoms with Gasteiger partial charge in [-0.05, 0) is 37.5 Å². The highest BCUT2D eigenvalue weighted by molar-refractivity contribution is 7.93. The Kier molecular flexibility index (Phi) is 5.07. The van der Waals surface area contributed by atoms with Gasteiger partial charge in [0.05, 0.1) is 5.69 Å². The fraction of sp³-hybridized carbons (Fsp3) is 0.400. The molecule has 0 saturated carbocycles. The van der Waals surface area contributed by atoms with Crippen LogP contribution in [0.5, 0.6) is 0 Å². The zero-order valence-electron chi connectivity index (χ0n) is 13.1. The molecule has 23 heavy (non-hydrogen) atoms. The number of sulfonamides is 1. The van der Waals surface area contributed by atoms with Crippen molar-refractivity contribution in [2.24, 2.45) is 0 Å². The zero-order valence-corrected chi connectivity index (χ0v) is 14.8. The topological polar surface area (TPSA) is 79.3 Å². The molecule has 8 heteroatoms. The first-order chi connectivity index (χ1) is 10.7. The average Bonchev–Trinajstić information content (AvgIpc) is 2.97. The second-order valence-electron chi connectivity index (χ2n) is 5.32. The SMILES string of the molecule is CCC(O)(CC)c1csc(NS(=O)(=O)c2cc(C)ccc2F)n1. The Balaban J connectivity index is 2.32. The lowest BCUT2D eigenvalue weighted by Gasteiger charge is -2.22. The van der Waals surface area contributed by atoms with Gasteiger partial charge in [0.25, 0.3) is 10.0 Å². The zero-order chi connectivity index (χ0) is 17.3. The lowest BCUT2D eigenvalue weighted by molar-refractivity contribution is 0.0247. The first-order valence-electron chi connectivity index (χ1n) is 7.19. The van der Waals surface area contributed by atoms with Gasteiger partial charge in [0, 0.05) is 5.38 Å². The predicted molar refractivity (Wildman–Crippen MR) is 88.5 cm³/mol. The molecule has 0 aliphatic rings. The average molecular weight is 358 g/mol. The summed E-state index contributed by atoms with van der Waals surface area (Å²) < 4.78 is 40.7. The molecule has 0 bridgehead atoms. The van der Waals surface area contributed by atoms with Crippen LogP contribution in [0.2, 0.25) is 0 Å². The Morgan fingerprint density at radius 1 is 1.35 bits per heavy atom. The second-order valence-corrected chi connectivity index (χ2v) is 7.82. The van der Waals surface area contributed by atoms with Gasteiger partial charge in [0.15, 0.2) is 5.13 Å². The maximum absolute atomic E-state index is 13.8. The van der Waals surface area contributed by atoms with Crippen molar-refractivity contribution in [2.75, 3.05) is 4.72 Å². The number of nitrogens with one attached hydrogen (secondary N) is 1. The van der Waals surface area contributed by atoms with Crippen molar-refractivity contribution in [1.29, 1.82) is 0 Å². The minimum absolute atomic E-state index is 0.0984. The highest BCUT2D eigenvalue weighted by Gasteiger charge is 2.29. The molecule has 126 valence electrons. The number of aliphatic hydroxyl groups is 1. The highest BCUT2D eigenvalue weighted by atomic mass is 32.2. The van der Waals surface area contributed by atoms with Gasteiger partial charge in [-0.3, -0.25) is 4.72 Å². The van der Waals surface area contributed by atoms with E-state index in [4.69, 9.17) is 0 Å². The van der Waals surface area contributed by atoms with Crippen molar-refractivity contribution < 1.29 is 17.9 Å². The number of hydrogen-bond donors (Lipinski definition) is 2. The minimum Gasteiger partial charge on any atom is -0.384 e. The van der Waals surface area contributed by atoms with Crippen molar-refractivity contribution in [2.45, 2.75) is 44.1 Å². The molecule has 0 radical (unpaired) electrons. The van der Waals surface area contributed by atoms with Crippen molar-refractivity contribution in [3.8, 4) is 0 Å². The van der Waals surface area contributed by atoms with Crippen molar-refractivity contribution >= 4 is 26.5 Å². The molecule has 1 aromatic carbocycles. The van der Waals surface area contributed by atoms with E-state index in [1.807, 2.05) is 13.8 Å². The number of rotatable bonds is 6.